The Labute approximate surface area is 328 Å². The Hall–Kier alpha value is -4.83. The van der Waals surface area contributed by atoms with E-state index in [-0.39, 0.29) is 49.4 Å². The molecule has 2 aliphatic heterocycles. The molecular formula is C40H58N8O8. The normalized spacial score (nSPS) is 22.6. The number of benzene rings is 1. The van der Waals surface area contributed by atoms with Crippen LogP contribution in [0.4, 0.5) is 0 Å². The van der Waals surface area contributed by atoms with Crippen LogP contribution >= 0.6 is 0 Å². The van der Waals surface area contributed by atoms with E-state index in [1.165, 1.54) is 9.80 Å². The van der Waals surface area contributed by atoms with Crippen molar-refractivity contribution in [2.75, 3.05) is 33.8 Å². The van der Waals surface area contributed by atoms with Gasteiger partial charge >= 0.3 is 0 Å². The third-order valence-corrected chi connectivity index (χ3v) is 10.9. The Bertz CT molecular complexity index is 1660. The summed E-state index contributed by atoms with van der Waals surface area (Å²) in [5, 5.41) is 22.1. The summed E-state index contributed by atoms with van der Waals surface area (Å²) < 4.78 is 8.16. The van der Waals surface area contributed by atoms with Gasteiger partial charge in [0.25, 0.3) is 5.91 Å². The van der Waals surface area contributed by atoms with Gasteiger partial charge in [-0.2, -0.15) is 0 Å². The second-order valence-electron chi connectivity index (χ2n) is 15.4. The smallest absolute Gasteiger partial charge is 0.251 e. The van der Waals surface area contributed by atoms with Gasteiger partial charge in [0.05, 0.1) is 37.1 Å². The molecule has 1 saturated heterocycles. The highest BCUT2D eigenvalue weighted by molar-refractivity contribution is 5.94. The molecule has 1 aromatic carbocycles. The lowest BCUT2D eigenvalue weighted by Crippen LogP contribution is -2.58. The van der Waals surface area contributed by atoms with Gasteiger partial charge in [-0.3, -0.25) is 28.8 Å². The molecule has 2 aromatic rings. The Morgan fingerprint density at radius 1 is 1.04 bits per heavy atom. The highest BCUT2D eigenvalue weighted by atomic mass is 16.5. The number of likely N-dealkylation sites (N-methyl/N-ethyl adjacent to an activating group) is 1. The Balaban J connectivity index is 1.27. The Morgan fingerprint density at radius 3 is 2.50 bits per heavy atom. The van der Waals surface area contributed by atoms with Gasteiger partial charge < -0.3 is 45.5 Å². The number of carbonyl (C=O) groups is 6. The van der Waals surface area contributed by atoms with Gasteiger partial charge in [-0.15, -0.1) is 0 Å². The SMILES string of the molecule is CCCC(NC(=O)[C@@H]1C[C@@H]2CN1C(=O)[C@H](C1CCCCC1)NC(=O)Cc1cn(cn1)CCCCO2)C(O)C(=O)NCC(=O)N[C@H](C(=O)N(C)C)c1ccccc1. The summed E-state index contributed by atoms with van der Waals surface area (Å²) in [6, 6.07) is 4.89. The van der Waals surface area contributed by atoms with Crippen LogP contribution < -0.4 is 21.3 Å². The number of imidazole rings is 1. The van der Waals surface area contributed by atoms with Gasteiger partial charge in [0.1, 0.15) is 18.1 Å². The van der Waals surface area contributed by atoms with Crippen LogP contribution in [0, 0.1) is 5.92 Å². The molecule has 3 aliphatic rings. The van der Waals surface area contributed by atoms with E-state index in [1.807, 2.05) is 17.7 Å². The lowest BCUT2D eigenvalue weighted by atomic mass is 9.83. The van der Waals surface area contributed by atoms with Crippen molar-refractivity contribution in [3.8, 4) is 0 Å². The zero-order valence-corrected chi connectivity index (χ0v) is 32.8. The lowest BCUT2D eigenvalue weighted by molar-refractivity contribution is -0.144. The molecule has 0 spiro atoms. The van der Waals surface area contributed by atoms with Crippen molar-refractivity contribution in [1.82, 2.24) is 40.6 Å². The van der Waals surface area contributed by atoms with Gasteiger partial charge in [0, 0.05) is 46.4 Å². The maximum absolute atomic E-state index is 14.5. The third-order valence-electron chi connectivity index (χ3n) is 10.9. The van der Waals surface area contributed by atoms with E-state index in [0.29, 0.717) is 30.8 Å². The summed E-state index contributed by atoms with van der Waals surface area (Å²) in [6.45, 7) is 2.63. The summed E-state index contributed by atoms with van der Waals surface area (Å²) in [7, 11) is 3.15. The molecule has 6 atom stereocenters. The number of amides is 6. The summed E-state index contributed by atoms with van der Waals surface area (Å²) in [5.74, 6) is -3.19. The molecule has 16 nitrogen and oxygen atoms in total. The summed E-state index contributed by atoms with van der Waals surface area (Å²) >= 11 is 0. The molecule has 306 valence electrons. The van der Waals surface area contributed by atoms with Gasteiger partial charge in [0.2, 0.25) is 29.5 Å². The number of aromatic nitrogens is 2. The highest BCUT2D eigenvalue weighted by Gasteiger charge is 2.45. The predicted octanol–water partition coefficient (Wildman–Crippen LogP) is 0.978. The van der Waals surface area contributed by atoms with Crippen molar-refractivity contribution in [3.63, 3.8) is 0 Å². The van der Waals surface area contributed by atoms with Crippen LogP contribution in [0.3, 0.4) is 0 Å². The number of aliphatic hydroxyl groups excluding tert-OH is 1. The fourth-order valence-electron chi connectivity index (χ4n) is 7.85. The van der Waals surface area contributed by atoms with Gasteiger partial charge in [-0.1, -0.05) is 62.9 Å². The second-order valence-corrected chi connectivity index (χ2v) is 15.4. The van der Waals surface area contributed by atoms with Crippen LogP contribution in [0.2, 0.25) is 0 Å². The van der Waals surface area contributed by atoms with Crippen molar-refractivity contribution in [1.29, 1.82) is 0 Å². The molecule has 5 rings (SSSR count). The second kappa shape index (κ2) is 20.4. The fourth-order valence-corrected chi connectivity index (χ4v) is 7.85. The molecule has 56 heavy (non-hydrogen) atoms. The minimum atomic E-state index is -1.72. The van der Waals surface area contributed by atoms with E-state index >= 15 is 0 Å². The fraction of sp³-hybridized carbons (Fsp3) is 0.625. The van der Waals surface area contributed by atoms with E-state index in [0.717, 1.165) is 44.9 Å². The highest BCUT2D eigenvalue weighted by Crippen LogP contribution is 2.30. The molecule has 5 N–H and O–H groups in total. The number of hydrogen-bond acceptors (Lipinski definition) is 9. The average Bonchev–Trinajstić information content (AvgIpc) is 3.84. The Morgan fingerprint density at radius 2 is 1.79 bits per heavy atom. The zero-order chi connectivity index (χ0) is 40.2. The van der Waals surface area contributed by atoms with Gasteiger partial charge in [-0.25, -0.2) is 4.98 Å². The number of nitrogens with one attached hydrogen (secondary N) is 4. The zero-order valence-electron chi connectivity index (χ0n) is 32.8. The van der Waals surface area contributed by atoms with Crippen LogP contribution in [0.25, 0.3) is 0 Å². The van der Waals surface area contributed by atoms with Crippen molar-refractivity contribution in [2.24, 2.45) is 5.92 Å². The van der Waals surface area contributed by atoms with Gasteiger partial charge in [0.15, 0.2) is 6.10 Å². The number of ether oxygens (including phenoxy) is 1. The average molecular weight is 779 g/mol. The molecule has 0 radical (unpaired) electrons. The van der Waals surface area contributed by atoms with E-state index in [1.54, 1.807) is 50.8 Å². The van der Waals surface area contributed by atoms with E-state index in [2.05, 4.69) is 26.3 Å². The van der Waals surface area contributed by atoms with Gasteiger partial charge in [-0.05, 0) is 43.6 Å². The first-order valence-electron chi connectivity index (χ1n) is 20.0. The maximum atomic E-state index is 14.5. The standard InChI is InChI=1S/C40H58N8O8/c1-4-13-30(36(51)38(53)41-22-33(50)45-34(39(54)46(2)3)26-14-7-5-8-15-26)43-37(52)31-21-29-24-48(31)40(55)35(27-16-9-6-10-17-27)44-32(49)20-28-23-47(25-42-28)18-11-12-19-56-29/h5,7-8,14-15,23,25,27,29-31,34-36,51H,4,6,9-13,16-22,24H2,1-3H3,(H,41,53)(H,43,52)(H,44,49)(H,45,50)/t29-,30?,31+,34+,35+,36?/m1/s1. The molecule has 3 heterocycles. The number of hydrogen-bond donors (Lipinski definition) is 5. The molecular weight excluding hydrogens is 720 g/mol. The molecule has 1 aliphatic carbocycles. The summed E-state index contributed by atoms with van der Waals surface area (Å²) in [5.41, 5.74) is 1.18. The monoisotopic (exact) mass is 778 g/mol. The van der Waals surface area contributed by atoms with Crippen LogP contribution in [0.1, 0.15) is 88.4 Å². The van der Waals surface area contributed by atoms with Crippen molar-refractivity contribution in [3.05, 3.63) is 54.1 Å². The van der Waals surface area contributed by atoms with Crippen molar-refractivity contribution < 1.29 is 38.6 Å². The molecule has 1 saturated carbocycles. The van der Waals surface area contributed by atoms with Crippen LogP contribution in [-0.4, -0.2) is 124 Å². The number of rotatable bonds is 12. The summed E-state index contributed by atoms with van der Waals surface area (Å²) in [6.07, 6.45) is 8.42. The third kappa shape index (κ3) is 11.4. The quantitative estimate of drug-likeness (QED) is 0.208. The first-order valence-corrected chi connectivity index (χ1v) is 20.0. The first kappa shape index (κ1) is 42.3. The van der Waals surface area contributed by atoms with E-state index in [4.69, 9.17) is 4.74 Å². The molecule has 1 aromatic heterocycles. The number of aliphatic hydroxyl groups is 1. The first-order chi connectivity index (χ1) is 26.9. The topological polar surface area (TPSA) is 204 Å². The minimum absolute atomic E-state index is 0.0290. The van der Waals surface area contributed by atoms with Crippen molar-refractivity contribution >= 4 is 35.4 Å². The summed E-state index contributed by atoms with van der Waals surface area (Å²) in [4.78, 5) is 88.3. The van der Waals surface area contributed by atoms with Crippen LogP contribution in [0.5, 0.6) is 0 Å². The molecule has 6 amide bonds. The molecule has 2 fully saturated rings. The number of carbonyl (C=O) groups excluding carboxylic acids is 6. The van der Waals surface area contributed by atoms with Crippen molar-refractivity contribution in [2.45, 2.75) is 120 Å². The Kier molecular flexibility index (Phi) is 15.4. The minimum Gasteiger partial charge on any atom is -0.381 e. The molecule has 16 heteroatoms. The van der Waals surface area contributed by atoms with E-state index < -0.39 is 60.6 Å². The number of nitrogens with zero attached hydrogens (tertiary/aromatic N) is 4. The largest absolute Gasteiger partial charge is 0.381 e. The van der Waals surface area contributed by atoms with E-state index in [9.17, 15) is 33.9 Å². The van der Waals surface area contributed by atoms with Crippen LogP contribution in [-0.2, 0) is 46.5 Å². The maximum Gasteiger partial charge on any atom is 0.251 e. The van der Waals surface area contributed by atoms with Crippen LogP contribution in [0.15, 0.2) is 42.9 Å². The molecule has 4 bridgehead atoms. The lowest BCUT2D eigenvalue weighted by Gasteiger charge is -2.35. The molecule has 2 unspecified atom stereocenters. The number of aryl methyl sites for hydroxylation is 1. The predicted molar refractivity (Wildman–Crippen MR) is 205 cm³/mol. The number of fused-ring (bicyclic) bond motifs is 4.